The standard InChI is InChI=1S/C15H19FN4O/c1-4-5-11-14(17-2)18-9-19-15(11)20-10-6-7-12(16)13(8-10)21-3/h6-9H,4-5H2,1-3H3,(H2,17,18,19,20). The van der Waals surface area contributed by atoms with E-state index in [1.54, 1.807) is 12.1 Å². The van der Waals surface area contributed by atoms with Crippen LogP contribution in [-0.2, 0) is 6.42 Å². The van der Waals surface area contributed by atoms with Crippen LogP contribution in [0.1, 0.15) is 18.9 Å². The molecule has 0 amide bonds. The molecule has 5 nitrogen and oxygen atoms in total. The molecule has 0 radical (unpaired) electrons. The topological polar surface area (TPSA) is 59.1 Å². The van der Waals surface area contributed by atoms with Gasteiger partial charge in [-0.3, -0.25) is 0 Å². The zero-order chi connectivity index (χ0) is 15.2. The van der Waals surface area contributed by atoms with Crippen LogP contribution in [0.25, 0.3) is 0 Å². The molecule has 112 valence electrons. The second-order valence-electron chi connectivity index (χ2n) is 4.52. The van der Waals surface area contributed by atoms with Crippen LogP contribution in [0.15, 0.2) is 24.5 Å². The maximum Gasteiger partial charge on any atom is 0.165 e. The van der Waals surface area contributed by atoms with Crippen LogP contribution in [0.3, 0.4) is 0 Å². The van der Waals surface area contributed by atoms with Crippen LogP contribution in [0.2, 0.25) is 0 Å². The highest BCUT2D eigenvalue weighted by Crippen LogP contribution is 2.27. The molecule has 2 rings (SSSR count). The van der Waals surface area contributed by atoms with Crippen molar-refractivity contribution >= 4 is 17.3 Å². The average Bonchev–Trinajstić information content (AvgIpc) is 2.51. The summed E-state index contributed by atoms with van der Waals surface area (Å²) in [6.07, 6.45) is 3.31. The molecular weight excluding hydrogens is 271 g/mol. The molecule has 0 saturated carbocycles. The first-order chi connectivity index (χ1) is 10.2. The van der Waals surface area contributed by atoms with Crippen molar-refractivity contribution in [2.45, 2.75) is 19.8 Å². The molecule has 21 heavy (non-hydrogen) atoms. The lowest BCUT2D eigenvalue weighted by Gasteiger charge is -2.14. The molecule has 0 aliphatic carbocycles. The molecule has 6 heteroatoms. The van der Waals surface area contributed by atoms with Gasteiger partial charge >= 0.3 is 0 Å². The van der Waals surface area contributed by atoms with Gasteiger partial charge in [0.25, 0.3) is 0 Å². The molecule has 0 spiro atoms. The van der Waals surface area contributed by atoms with E-state index in [1.165, 1.54) is 19.5 Å². The third kappa shape index (κ3) is 3.39. The van der Waals surface area contributed by atoms with Gasteiger partial charge in [0.2, 0.25) is 0 Å². The lowest BCUT2D eigenvalue weighted by molar-refractivity contribution is 0.387. The van der Waals surface area contributed by atoms with Crippen molar-refractivity contribution in [2.75, 3.05) is 24.8 Å². The van der Waals surface area contributed by atoms with Gasteiger partial charge in [-0.1, -0.05) is 13.3 Å². The van der Waals surface area contributed by atoms with E-state index in [1.807, 2.05) is 7.05 Å². The minimum Gasteiger partial charge on any atom is -0.494 e. The fourth-order valence-corrected chi connectivity index (χ4v) is 2.10. The monoisotopic (exact) mass is 290 g/mol. The van der Waals surface area contributed by atoms with Crippen molar-refractivity contribution in [3.05, 3.63) is 35.9 Å². The Morgan fingerprint density at radius 3 is 2.67 bits per heavy atom. The number of rotatable bonds is 6. The van der Waals surface area contributed by atoms with E-state index >= 15 is 0 Å². The number of nitrogens with one attached hydrogen (secondary N) is 2. The minimum atomic E-state index is -0.393. The lowest BCUT2D eigenvalue weighted by Crippen LogP contribution is -2.05. The molecule has 0 saturated heterocycles. The summed E-state index contributed by atoms with van der Waals surface area (Å²) in [7, 11) is 3.26. The first kappa shape index (κ1) is 15.0. The third-order valence-electron chi connectivity index (χ3n) is 3.10. The van der Waals surface area contributed by atoms with Crippen LogP contribution < -0.4 is 15.4 Å². The van der Waals surface area contributed by atoms with Gasteiger partial charge < -0.3 is 15.4 Å². The smallest absolute Gasteiger partial charge is 0.165 e. The summed E-state index contributed by atoms with van der Waals surface area (Å²) in [4.78, 5) is 8.50. The average molecular weight is 290 g/mol. The molecule has 0 aliphatic rings. The van der Waals surface area contributed by atoms with Gasteiger partial charge in [0.05, 0.1) is 7.11 Å². The second-order valence-corrected chi connectivity index (χ2v) is 4.52. The van der Waals surface area contributed by atoms with Gasteiger partial charge in [-0.15, -0.1) is 0 Å². The maximum atomic E-state index is 13.4. The van der Waals surface area contributed by atoms with Crippen molar-refractivity contribution in [3.8, 4) is 5.75 Å². The number of benzene rings is 1. The summed E-state index contributed by atoms with van der Waals surface area (Å²) < 4.78 is 18.4. The number of nitrogens with zero attached hydrogens (tertiary/aromatic N) is 2. The first-order valence-corrected chi connectivity index (χ1v) is 6.81. The van der Waals surface area contributed by atoms with E-state index in [9.17, 15) is 4.39 Å². The fourth-order valence-electron chi connectivity index (χ4n) is 2.10. The van der Waals surface area contributed by atoms with Crippen molar-refractivity contribution in [3.63, 3.8) is 0 Å². The molecule has 0 unspecified atom stereocenters. The minimum absolute atomic E-state index is 0.194. The van der Waals surface area contributed by atoms with Gasteiger partial charge in [-0.05, 0) is 18.6 Å². The Morgan fingerprint density at radius 2 is 2.00 bits per heavy atom. The highest BCUT2D eigenvalue weighted by Gasteiger charge is 2.11. The summed E-state index contributed by atoms with van der Waals surface area (Å²) in [6, 6.07) is 4.61. The molecule has 1 aromatic heterocycles. The van der Waals surface area contributed by atoms with Gasteiger partial charge in [0.15, 0.2) is 11.6 Å². The zero-order valence-corrected chi connectivity index (χ0v) is 12.4. The number of ether oxygens (including phenoxy) is 1. The summed E-state index contributed by atoms with van der Waals surface area (Å²) >= 11 is 0. The second kappa shape index (κ2) is 6.88. The normalized spacial score (nSPS) is 10.3. The summed E-state index contributed by atoms with van der Waals surface area (Å²) in [5, 5.41) is 6.26. The van der Waals surface area contributed by atoms with Crippen LogP contribution in [-0.4, -0.2) is 24.1 Å². The Bertz CT molecular complexity index is 619. The lowest BCUT2D eigenvalue weighted by atomic mass is 10.1. The summed E-state index contributed by atoms with van der Waals surface area (Å²) in [5.74, 6) is 1.31. The maximum absolute atomic E-state index is 13.4. The van der Waals surface area contributed by atoms with Crippen molar-refractivity contribution in [1.82, 2.24) is 9.97 Å². The molecular formula is C15H19FN4O. The van der Waals surface area contributed by atoms with Crippen LogP contribution >= 0.6 is 0 Å². The molecule has 0 atom stereocenters. The third-order valence-corrected chi connectivity index (χ3v) is 3.10. The van der Waals surface area contributed by atoms with Crippen LogP contribution in [0.4, 0.5) is 21.7 Å². The number of halogens is 1. The molecule has 0 aliphatic heterocycles. The van der Waals surface area contributed by atoms with Crippen LogP contribution in [0.5, 0.6) is 5.75 Å². The highest BCUT2D eigenvalue weighted by molar-refractivity contribution is 5.65. The Labute approximate surface area is 123 Å². The van der Waals surface area contributed by atoms with E-state index in [0.717, 1.165) is 24.2 Å². The Balaban J connectivity index is 2.34. The van der Waals surface area contributed by atoms with Gasteiger partial charge in [0.1, 0.15) is 18.0 Å². The fraction of sp³-hybridized carbons (Fsp3) is 0.333. The molecule has 2 aromatic rings. The molecule has 0 bridgehead atoms. The Kier molecular flexibility index (Phi) is 4.92. The Hall–Kier alpha value is -2.37. The summed E-state index contributed by atoms with van der Waals surface area (Å²) in [6.45, 7) is 2.09. The van der Waals surface area contributed by atoms with Gasteiger partial charge in [-0.2, -0.15) is 0 Å². The van der Waals surface area contributed by atoms with E-state index in [2.05, 4.69) is 27.5 Å². The van der Waals surface area contributed by atoms with E-state index in [4.69, 9.17) is 4.74 Å². The zero-order valence-electron chi connectivity index (χ0n) is 12.4. The predicted molar refractivity (Wildman–Crippen MR) is 81.8 cm³/mol. The van der Waals surface area contributed by atoms with E-state index in [0.29, 0.717) is 11.5 Å². The van der Waals surface area contributed by atoms with Gasteiger partial charge in [-0.25, -0.2) is 14.4 Å². The SMILES string of the molecule is CCCc1c(NC)ncnc1Nc1ccc(F)c(OC)c1. The quantitative estimate of drug-likeness (QED) is 0.854. The predicted octanol–water partition coefficient (Wildman–Crippen LogP) is 3.36. The number of hydrogen-bond donors (Lipinski definition) is 2. The number of anilines is 3. The molecule has 1 heterocycles. The molecule has 0 fully saturated rings. The van der Waals surface area contributed by atoms with E-state index in [-0.39, 0.29) is 5.75 Å². The van der Waals surface area contributed by atoms with Crippen molar-refractivity contribution < 1.29 is 9.13 Å². The number of methoxy groups -OCH3 is 1. The number of hydrogen-bond acceptors (Lipinski definition) is 5. The molecule has 1 aromatic carbocycles. The van der Waals surface area contributed by atoms with Gasteiger partial charge in [0, 0.05) is 24.4 Å². The molecule has 2 N–H and O–H groups in total. The van der Waals surface area contributed by atoms with E-state index < -0.39 is 5.82 Å². The highest BCUT2D eigenvalue weighted by atomic mass is 19.1. The Morgan fingerprint density at radius 1 is 1.24 bits per heavy atom. The van der Waals surface area contributed by atoms with Crippen molar-refractivity contribution in [1.29, 1.82) is 0 Å². The van der Waals surface area contributed by atoms with Crippen molar-refractivity contribution in [2.24, 2.45) is 0 Å². The first-order valence-electron chi connectivity index (χ1n) is 6.81. The largest absolute Gasteiger partial charge is 0.494 e. The number of aromatic nitrogens is 2. The summed E-state index contributed by atoms with van der Waals surface area (Å²) in [5.41, 5.74) is 1.72. The van der Waals surface area contributed by atoms with Crippen LogP contribution in [0, 0.1) is 5.82 Å².